The number of unbranched alkanes of at least 4 members (excludes halogenated alkanes) is 10. The molecule has 0 heterocycles. The number of benzene rings is 2. The summed E-state index contributed by atoms with van der Waals surface area (Å²) in [6, 6.07) is 11.3. The topological polar surface area (TPSA) is 123 Å². The van der Waals surface area contributed by atoms with Crippen molar-refractivity contribution in [3.63, 3.8) is 0 Å². The fourth-order valence-corrected chi connectivity index (χ4v) is 9.11. The van der Waals surface area contributed by atoms with Crippen LogP contribution in [0.3, 0.4) is 0 Å². The largest absolute Gasteiger partial charge is 2.00 e. The third-order valence-electron chi connectivity index (χ3n) is 13.2. The minimum Gasteiger partial charge on any atom is -0.872 e. The Hall–Kier alpha value is 0.0105. The van der Waals surface area contributed by atoms with Crippen molar-refractivity contribution in [3.8, 4) is 11.5 Å². The van der Waals surface area contributed by atoms with E-state index in [2.05, 4.69) is 121 Å². The number of rotatable bonds is 32. The van der Waals surface area contributed by atoms with Gasteiger partial charge in [-0.15, -0.1) is 0 Å². The van der Waals surface area contributed by atoms with Crippen LogP contribution in [-0.2, 0) is 85.6 Å². The van der Waals surface area contributed by atoms with E-state index in [0.717, 1.165) is 39.0 Å². The van der Waals surface area contributed by atoms with Gasteiger partial charge in [0.15, 0.2) is 0 Å². The van der Waals surface area contributed by atoms with Crippen molar-refractivity contribution in [2.75, 3.05) is 26.2 Å². The van der Waals surface area contributed by atoms with E-state index in [1.54, 1.807) is 12.1 Å². The molecular formula is C62H116N4Ni3O2S5. The first-order valence-electron chi connectivity index (χ1n) is 28.5. The summed E-state index contributed by atoms with van der Waals surface area (Å²) in [4.78, 5) is 5.58. The molecule has 0 fully saturated rings. The van der Waals surface area contributed by atoms with Gasteiger partial charge in [0.25, 0.3) is 0 Å². The first-order valence-corrected chi connectivity index (χ1v) is 31.0. The van der Waals surface area contributed by atoms with Gasteiger partial charge in [-0.1, -0.05) is 269 Å². The Morgan fingerprint density at radius 1 is 0.487 bits per heavy atom. The molecule has 0 aromatic heterocycles. The minimum absolute atomic E-state index is 0. The maximum Gasteiger partial charge on any atom is 2.00 e. The van der Waals surface area contributed by atoms with Crippen LogP contribution in [-0.4, -0.2) is 44.6 Å². The molecule has 0 amide bonds. The van der Waals surface area contributed by atoms with Gasteiger partial charge in [-0.05, 0) is 72.6 Å². The van der Waals surface area contributed by atoms with E-state index < -0.39 is 0 Å². The Labute approximate surface area is 529 Å². The molecule has 76 heavy (non-hydrogen) atoms. The van der Waals surface area contributed by atoms with Crippen LogP contribution in [0.25, 0.3) is 0 Å². The fraction of sp³-hybridized carbons (Fsp3) is 0.742. The molecule has 6 N–H and O–H groups in total. The maximum atomic E-state index is 12.6. The van der Waals surface area contributed by atoms with Crippen LogP contribution >= 0.6 is 36.2 Å². The second-order valence-corrected chi connectivity index (χ2v) is 24.0. The van der Waals surface area contributed by atoms with Gasteiger partial charge < -0.3 is 95.9 Å². The molecule has 2 atom stereocenters. The Kier molecular flexibility index (Phi) is 72.5. The van der Waals surface area contributed by atoms with Crippen LogP contribution in [0, 0.1) is 25.7 Å². The third-order valence-corrected chi connectivity index (χ3v) is 15.3. The van der Waals surface area contributed by atoms with Crippen LogP contribution in [0.4, 0.5) is 0 Å². The fourth-order valence-electron chi connectivity index (χ4n) is 7.44. The summed E-state index contributed by atoms with van der Waals surface area (Å²) in [6.45, 7) is 43.2. The Bertz CT molecular complexity index is 1460. The van der Waals surface area contributed by atoms with Gasteiger partial charge in [0.05, 0.1) is 0 Å². The Balaban J connectivity index is -0.000000143. The summed E-state index contributed by atoms with van der Waals surface area (Å²) < 4.78 is 1.27. The van der Waals surface area contributed by atoms with Crippen molar-refractivity contribution in [1.82, 2.24) is 22.1 Å². The van der Waals surface area contributed by atoms with Crippen molar-refractivity contribution in [1.29, 1.82) is 0 Å². The van der Waals surface area contributed by atoms with Gasteiger partial charge in [-0.3, -0.25) is 0 Å². The zero-order valence-electron chi connectivity index (χ0n) is 50.9. The molecule has 0 saturated carbocycles. The van der Waals surface area contributed by atoms with Crippen molar-refractivity contribution in [2.24, 2.45) is 11.8 Å². The van der Waals surface area contributed by atoms with E-state index in [1.165, 1.54) is 164 Å². The quantitative estimate of drug-likeness (QED) is 0.0239. The van der Waals surface area contributed by atoms with Gasteiger partial charge in [-0.2, -0.15) is 11.8 Å². The SMILES string of the molecule is CCCCCC(C)(C)c1ccc([O-])c(Sc2cc(C(C)(C)CCCCC)ccc2[O-])c1.CCCCN(CCCC)C(=S)[S-].CCCCN(CCCC)C(=S)[S-].N.N.[CH2-]C(CC)CCCC.[CH2-]C(CC)CCCC.[Ni+2].[Ni+2].[Ni+2]. The normalized spacial score (nSPS) is 11.1. The van der Waals surface area contributed by atoms with Crippen LogP contribution in [0.1, 0.15) is 262 Å². The molecule has 0 aliphatic carbocycles. The van der Waals surface area contributed by atoms with Gasteiger partial charge in [0.2, 0.25) is 0 Å². The summed E-state index contributed by atoms with van der Waals surface area (Å²) in [5.41, 5.74) is 2.38. The third kappa shape index (κ3) is 48.7. The van der Waals surface area contributed by atoms with Crippen molar-refractivity contribution in [3.05, 3.63) is 61.4 Å². The van der Waals surface area contributed by atoms with Gasteiger partial charge >= 0.3 is 49.5 Å². The summed E-state index contributed by atoms with van der Waals surface area (Å²) in [5, 5.41) is 25.2. The summed E-state index contributed by atoms with van der Waals surface area (Å²) in [7, 11) is 0. The van der Waals surface area contributed by atoms with E-state index in [1.807, 2.05) is 24.3 Å². The molecular weight excluding hydrogens is 1170 g/mol. The molecule has 2 rings (SSSR count). The predicted molar refractivity (Wildman–Crippen MR) is 340 cm³/mol. The van der Waals surface area contributed by atoms with E-state index in [0.29, 0.717) is 30.3 Å². The van der Waals surface area contributed by atoms with E-state index in [-0.39, 0.29) is 84.1 Å². The summed E-state index contributed by atoms with van der Waals surface area (Å²) >= 11 is 21.3. The molecule has 0 spiro atoms. The molecule has 0 aliphatic heterocycles. The average Bonchev–Trinajstić information content (AvgIpc) is 3.34. The number of hydrogen-bond acceptors (Lipinski definition) is 9. The first kappa shape index (κ1) is 92.5. The summed E-state index contributed by atoms with van der Waals surface area (Å²) in [6.07, 6.45) is 29.5. The first-order chi connectivity index (χ1) is 33.7. The number of nitrogens with zero attached hydrogens (tertiary/aromatic N) is 2. The zero-order valence-corrected chi connectivity index (χ0v) is 58.0. The molecule has 6 nitrogen and oxygen atoms in total. The molecule has 2 aromatic rings. The molecule has 456 valence electrons. The molecule has 0 radical (unpaired) electrons. The van der Waals surface area contributed by atoms with Crippen LogP contribution in [0.2, 0.25) is 0 Å². The molecule has 14 heteroatoms. The van der Waals surface area contributed by atoms with Crippen LogP contribution in [0.15, 0.2) is 46.2 Å². The smallest absolute Gasteiger partial charge is 0.872 e. The standard InChI is InChI=1S/C28H42O2S.2C9H19NS2.2C8H17.2H3N.3Ni/c1-7-9-11-17-27(3,4)21-13-15-23(29)25(19-21)31-26-20-22(14-16-24(26)30)28(5,6)18-12-10-8-2;2*1-3-5-7-10(9(11)12)8-6-4-2;2*1-4-6-7-8(3)5-2;;;;;/h13-16,19-20,29-30H,7-12,17-18H2,1-6H3;2*3-8H2,1-2H3,(H,11,12);2*8H,3-7H2,1-2H3;2*1H3;;;/q;;;2*-1;;;3*+2/p-4. The Morgan fingerprint density at radius 3 is 0.974 bits per heavy atom. The molecule has 0 bridgehead atoms. The molecule has 0 saturated heterocycles. The van der Waals surface area contributed by atoms with E-state index >= 15 is 0 Å². The average molecular weight is 1290 g/mol. The molecule has 2 unspecified atom stereocenters. The minimum atomic E-state index is -0.00915. The van der Waals surface area contributed by atoms with Gasteiger partial charge in [-0.25, -0.2) is 0 Å². The maximum absolute atomic E-state index is 12.6. The van der Waals surface area contributed by atoms with Crippen LogP contribution in [0.5, 0.6) is 11.5 Å². The van der Waals surface area contributed by atoms with Gasteiger partial charge in [0.1, 0.15) is 0 Å². The molecule has 0 aliphatic rings. The van der Waals surface area contributed by atoms with Crippen molar-refractivity contribution < 1.29 is 59.7 Å². The van der Waals surface area contributed by atoms with Gasteiger partial charge in [0, 0.05) is 36.0 Å². The van der Waals surface area contributed by atoms with Crippen molar-refractivity contribution in [2.45, 2.75) is 272 Å². The monoisotopic (exact) mass is 1280 g/mol. The van der Waals surface area contributed by atoms with Crippen molar-refractivity contribution >= 4 is 70.1 Å². The second-order valence-electron chi connectivity index (χ2n) is 20.9. The number of thiocarbonyl (C=S) groups is 2. The molecule has 2 aromatic carbocycles. The van der Waals surface area contributed by atoms with E-state index in [4.69, 9.17) is 49.7 Å². The second kappa shape index (κ2) is 59.6. The number of hydrogen-bond donors (Lipinski definition) is 2. The van der Waals surface area contributed by atoms with Crippen LogP contribution < -0.4 is 22.5 Å². The predicted octanol–water partition coefficient (Wildman–Crippen LogP) is 19.5. The Morgan fingerprint density at radius 2 is 0.750 bits per heavy atom. The van der Waals surface area contributed by atoms with E-state index in [9.17, 15) is 10.2 Å². The zero-order chi connectivity index (χ0) is 54.7. The summed E-state index contributed by atoms with van der Waals surface area (Å²) in [5.74, 6) is 1.39.